The molecule has 0 bridgehead atoms. The number of benzene rings is 1. The van der Waals surface area contributed by atoms with Crippen molar-refractivity contribution in [2.24, 2.45) is 0 Å². The largest absolute Gasteiger partial charge is 0.449 e. The number of carbonyl (C=O) groups excluding carboxylic acids is 2. The Morgan fingerprint density at radius 1 is 1.27 bits per heavy atom. The molecule has 2 rings (SSSR count). The molecule has 0 aliphatic heterocycles. The van der Waals surface area contributed by atoms with Crippen LogP contribution in [0, 0.1) is 24.0 Å². The van der Waals surface area contributed by atoms with Gasteiger partial charge in [-0.2, -0.15) is 0 Å². The van der Waals surface area contributed by atoms with Gasteiger partial charge < -0.3 is 14.5 Å². The maximum Gasteiger partial charge on any atom is 0.342 e. The van der Waals surface area contributed by atoms with E-state index in [2.05, 4.69) is 5.32 Å². The van der Waals surface area contributed by atoms with Crippen LogP contribution >= 0.6 is 0 Å². The minimum absolute atomic E-state index is 0.0107. The van der Waals surface area contributed by atoms with E-state index in [0.29, 0.717) is 5.56 Å². The van der Waals surface area contributed by atoms with Gasteiger partial charge in [-0.15, -0.1) is 0 Å². The molecule has 1 heterocycles. The molecule has 1 N–H and O–H groups in total. The molecule has 1 atom stereocenters. The van der Waals surface area contributed by atoms with Crippen LogP contribution in [-0.4, -0.2) is 22.9 Å². The number of nitro benzene ring substituents is 1. The van der Waals surface area contributed by atoms with Gasteiger partial charge in [0.2, 0.25) is 0 Å². The molecule has 136 valence electrons. The van der Waals surface area contributed by atoms with Crippen molar-refractivity contribution in [3.8, 4) is 0 Å². The number of nitro groups is 1. The normalized spacial score (nSPS) is 11.5. The van der Waals surface area contributed by atoms with Crippen molar-refractivity contribution < 1.29 is 23.7 Å². The van der Waals surface area contributed by atoms with Crippen molar-refractivity contribution in [3.05, 3.63) is 67.8 Å². The first-order valence-corrected chi connectivity index (χ1v) is 7.57. The highest BCUT2D eigenvalue weighted by Gasteiger charge is 2.24. The van der Waals surface area contributed by atoms with Crippen LogP contribution in [0.1, 0.15) is 28.6 Å². The van der Waals surface area contributed by atoms with Crippen LogP contribution in [-0.2, 0) is 9.53 Å². The summed E-state index contributed by atoms with van der Waals surface area (Å²) < 4.78 is 9.95. The quantitative estimate of drug-likeness (QED) is 0.492. The van der Waals surface area contributed by atoms with Crippen molar-refractivity contribution >= 4 is 23.3 Å². The predicted molar refractivity (Wildman–Crippen MR) is 91.1 cm³/mol. The molecule has 0 saturated heterocycles. The van der Waals surface area contributed by atoms with Gasteiger partial charge in [0.15, 0.2) is 6.10 Å². The van der Waals surface area contributed by atoms with Crippen molar-refractivity contribution in [1.82, 2.24) is 0 Å². The molecule has 26 heavy (non-hydrogen) atoms. The maximum absolute atomic E-state index is 12.3. The molecular weight excluding hydrogens is 344 g/mol. The SMILES string of the molecule is Cc1cc(=O)oc(C)c1C(=O)OC(C)C(=O)Nc1ccccc1[N+](=O)[O-]. The third-order valence-corrected chi connectivity index (χ3v) is 3.55. The Bertz CT molecular complexity index is 907. The number of amides is 1. The highest BCUT2D eigenvalue weighted by Crippen LogP contribution is 2.23. The average molecular weight is 360 g/mol. The molecule has 1 aromatic carbocycles. The summed E-state index contributed by atoms with van der Waals surface area (Å²) in [7, 11) is 0. The van der Waals surface area contributed by atoms with Crippen LogP contribution in [0.4, 0.5) is 11.4 Å². The fourth-order valence-electron chi connectivity index (χ4n) is 2.31. The van der Waals surface area contributed by atoms with E-state index < -0.39 is 28.5 Å². The number of para-hydroxylation sites is 2. The molecule has 0 spiro atoms. The van der Waals surface area contributed by atoms with E-state index in [1.165, 1.54) is 38.1 Å². The summed E-state index contributed by atoms with van der Waals surface area (Å²) in [6.07, 6.45) is -1.23. The van der Waals surface area contributed by atoms with Crippen LogP contribution in [0.5, 0.6) is 0 Å². The Kier molecular flexibility index (Phi) is 5.51. The van der Waals surface area contributed by atoms with Crippen LogP contribution < -0.4 is 10.9 Å². The van der Waals surface area contributed by atoms with E-state index in [4.69, 9.17) is 9.15 Å². The van der Waals surface area contributed by atoms with Gasteiger partial charge in [0.1, 0.15) is 17.0 Å². The number of esters is 1. The van der Waals surface area contributed by atoms with Crippen LogP contribution in [0.15, 0.2) is 39.5 Å². The number of nitrogens with one attached hydrogen (secondary N) is 1. The summed E-state index contributed by atoms with van der Waals surface area (Å²) >= 11 is 0. The summed E-state index contributed by atoms with van der Waals surface area (Å²) in [6.45, 7) is 4.30. The first-order valence-electron chi connectivity index (χ1n) is 7.57. The van der Waals surface area contributed by atoms with E-state index >= 15 is 0 Å². The second kappa shape index (κ2) is 7.60. The Hall–Kier alpha value is -3.49. The highest BCUT2D eigenvalue weighted by atomic mass is 16.6. The lowest BCUT2D eigenvalue weighted by molar-refractivity contribution is -0.383. The van der Waals surface area contributed by atoms with Gasteiger partial charge in [-0.25, -0.2) is 9.59 Å². The Balaban J connectivity index is 2.14. The molecular formula is C17H16N2O7. The molecule has 1 amide bonds. The smallest absolute Gasteiger partial charge is 0.342 e. The van der Waals surface area contributed by atoms with Gasteiger partial charge >= 0.3 is 11.6 Å². The Morgan fingerprint density at radius 3 is 2.54 bits per heavy atom. The molecule has 0 radical (unpaired) electrons. The Morgan fingerprint density at radius 2 is 1.92 bits per heavy atom. The van der Waals surface area contributed by atoms with Gasteiger partial charge in [0, 0.05) is 12.1 Å². The number of rotatable bonds is 5. The fourth-order valence-corrected chi connectivity index (χ4v) is 2.31. The summed E-state index contributed by atoms with van der Waals surface area (Å²) in [6, 6.07) is 6.74. The lowest BCUT2D eigenvalue weighted by Crippen LogP contribution is -2.30. The van der Waals surface area contributed by atoms with Crippen LogP contribution in [0.2, 0.25) is 0 Å². The van der Waals surface area contributed by atoms with Crippen molar-refractivity contribution in [2.75, 3.05) is 5.32 Å². The summed E-state index contributed by atoms with van der Waals surface area (Å²) in [4.78, 5) is 46.1. The number of ether oxygens (including phenoxy) is 1. The van der Waals surface area contributed by atoms with Gasteiger partial charge in [-0.3, -0.25) is 14.9 Å². The first kappa shape index (κ1) is 18.8. The minimum Gasteiger partial charge on any atom is -0.449 e. The van der Waals surface area contributed by atoms with Gasteiger partial charge in [-0.05, 0) is 32.4 Å². The topological polar surface area (TPSA) is 129 Å². The molecule has 0 aliphatic rings. The molecule has 2 aromatic rings. The highest BCUT2D eigenvalue weighted by molar-refractivity contribution is 5.99. The lowest BCUT2D eigenvalue weighted by atomic mass is 10.1. The second-order valence-corrected chi connectivity index (χ2v) is 5.49. The van der Waals surface area contributed by atoms with Crippen molar-refractivity contribution in [1.29, 1.82) is 0 Å². The fraction of sp³-hybridized carbons (Fsp3) is 0.235. The lowest BCUT2D eigenvalue weighted by Gasteiger charge is -2.15. The zero-order valence-corrected chi connectivity index (χ0v) is 14.3. The number of nitrogens with zero attached hydrogens (tertiary/aromatic N) is 1. The van der Waals surface area contributed by atoms with E-state index in [1.807, 2.05) is 0 Å². The average Bonchev–Trinajstić information content (AvgIpc) is 2.53. The zero-order chi connectivity index (χ0) is 19.4. The molecule has 0 aliphatic carbocycles. The molecule has 0 saturated carbocycles. The summed E-state index contributed by atoms with van der Waals surface area (Å²) in [5.74, 6) is -1.50. The predicted octanol–water partition coefficient (Wildman–Crippen LogP) is 2.35. The van der Waals surface area contributed by atoms with E-state index in [1.54, 1.807) is 6.92 Å². The molecule has 0 fully saturated rings. The molecule has 1 unspecified atom stereocenters. The molecule has 1 aromatic heterocycles. The second-order valence-electron chi connectivity index (χ2n) is 5.49. The van der Waals surface area contributed by atoms with Crippen molar-refractivity contribution in [2.45, 2.75) is 26.9 Å². The maximum atomic E-state index is 12.3. The monoisotopic (exact) mass is 360 g/mol. The number of aryl methyl sites for hydroxylation is 2. The van der Waals surface area contributed by atoms with Crippen LogP contribution in [0.3, 0.4) is 0 Å². The Labute approximate surface area is 147 Å². The number of hydrogen-bond donors (Lipinski definition) is 1. The molecule has 9 nitrogen and oxygen atoms in total. The van der Waals surface area contributed by atoms with E-state index in [0.717, 1.165) is 6.07 Å². The summed E-state index contributed by atoms with van der Waals surface area (Å²) in [5, 5.41) is 13.3. The number of carbonyl (C=O) groups is 2. The van der Waals surface area contributed by atoms with Crippen molar-refractivity contribution in [3.63, 3.8) is 0 Å². The summed E-state index contributed by atoms with van der Waals surface area (Å²) in [5.41, 5.74) is -0.483. The van der Waals surface area contributed by atoms with E-state index in [9.17, 15) is 24.5 Å². The van der Waals surface area contributed by atoms with Crippen LogP contribution in [0.25, 0.3) is 0 Å². The third-order valence-electron chi connectivity index (χ3n) is 3.55. The first-order chi connectivity index (χ1) is 12.2. The minimum atomic E-state index is -1.23. The van der Waals surface area contributed by atoms with Gasteiger partial charge in [0.05, 0.1) is 4.92 Å². The molecule has 9 heteroatoms. The zero-order valence-electron chi connectivity index (χ0n) is 14.3. The van der Waals surface area contributed by atoms with Gasteiger partial charge in [0.25, 0.3) is 11.6 Å². The number of anilines is 1. The number of hydrogen-bond acceptors (Lipinski definition) is 7. The van der Waals surface area contributed by atoms with E-state index in [-0.39, 0.29) is 22.7 Å². The standard InChI is InChI=1S/C17H16N2O7/c1-9-8-14(20)25-10(2)15(9)17(22)26-11(3)16(21)18-12-6-4-5-7-13(12)19(23)24/h4-8,11H,1-3H3,(H,18,21). The van der Waals surface area contributed by atoms with Gasteiger partial charge in [-0.1, -0.05) is 12.1 Å². The third kappa shape index (κ3) is 4.12.